The van der Waals surface area contributed by atoms with Gasteiger partial charge in [0.1, 0.15) is 10.8 Å². The summed E-state index contributed by atoms with van der Waals surface area (Å²) < 4.78 is 3.07. The lowest BCUT2D eigenvalue weighted by atomic mass is 9.96. The Morgan fingerprint density at radius 2 is 1.97 bits per heavy atom. The van der Waals surface area contributed by atoms with E-state index in [-0.39, 0.29) is 29.6 Å². The van der Waals surface area contributed by atoms with E-state index < -0.39 is 0 Å². The third-order valence-corrected chi connectivity index (χ3v) is 6.87. The van der Waals surface area contributed by atoms with Crippen molar-refractivity contribution in [1.82, 2.24) is 24.2 Å². The highest BCUT2D eigenvalue weighted by Gasteiger charge is 2.44. The van der Waals surface area contributed by atoms with Gasteiger partial charge >= 0.3 is 0 Å². The summed E-state index contributed by atoms with van der Waals surface area (Å²) in [6, 6.07) is 5.98. The molecule has 9 heteroatoms. The van der Waals surface area contributed by atoms with Crippen molar-refractivity contribution in [2.75, 3.05) is 5.32 Å². The van der Waals surface area contributed by atoms with Gasteiger partial charge in [-0.25, -0.2) is 4.98 Å². The Hall–Kier alpha value is -2.87. The molecule has 2 bridgehead atoms. The molecule has 3 atom stereocenters. The zero-order valence-electron chi connectivity index (χ0n) is 16.9. The molecule has 2 fully saturated rings. The summed E-state index contributed by atoms with van der Waals surface area (Å²) in [6.07, 6.45) is 6.86. The molecule has 2 aliphatic rings. The van der Waals surface area contributed by atoms with Gasteiger partial charge in [0, 0.05) is 49.9 Å². The fraction of sp³-hybridized carbons (Fsp3) is 0.429. The number of anilines is 1. The first-order valence-corrected chi connectivity index (χ1v) is 10.5. The number of hydrogen-bond acceptors (Lipinski definition) is 5. The summed E-state index contributed by atoms with van der Waals surface area (Å²) in [7, 11) is 3.46. The lowest BCUT2D eigenvalue weighted by molar-refractivity contribution is 0.0583. The van der Waals surface area contributed by atoms with Crippen LogP contribution in [-0.2, 0) is 14.1 Å². The van der Waals surface area contributed by atoms with Gasteiger partial charge in [-0.3, -0.25) is 18.8 Å². The fourth-order valence-electron chi connectivity index (χ4n) is 4.95. The van der Waals surface area contributed by atoms with Gasteiger partial charge in [0.2, 0.25) is 0 Å². The predicted octanol–water partition coefficient (Wildman–Crippen LogP) is 2.57. The minimum absolute atomic E-state index is 0.0396. The molecule has 1 amide bonds. The summed E-state index contributed by atoms with van der Waals surface area (Å²) >= 11 is 6.26. The molecule has 0 aromatic carbocycles. The van der Waals surface area contributed by atoms with E-state index in [0.717, 1.165) is 36.8 Å². The average Bonchev–Trinajstić information content (AvgIpc) is 3.21. The lowest BCUT2D eigenvalue weighted by Crippen LogP contribution is -2.49. The molecular formula is C21H23ClN6O2. The van der Waals surface area contributed by atoms with Crippen LogP contribution < -0.4 is 10.9 Å². The molecule has 3 aromatic heterocycles. The van der Waals surface area contributed by atoms with E-state index in [1.807, 2.05) is 17.0 Å². The Bertz CT molecular complexity index is 1190. The molecule has 156 valence electrons. The number of carbonyl (C=O) groups is 1. The van der Waals surface area contributed by atoms with Crippen LogP contribution in [0.4, 0.5) is 5.69 Å². The van der Waals surface area contributed by atoms with Gasteiger partial charge in [-0.05, 0) is 37.8 Å². The average molecular weight is 427 g/mol. The first-order chi connectivity index (χ1) is 14.4. The highest BCUT2D eigenvalue weighted by Crippen LogP contribution is 2.38. The standard InChI is InChI=1S/C21H23ClN6O2/c1-26-18(29)10-17(15-4-3-7-23-20(15)26)25-12-8-13-5-6-14(9-12)28(13)21(30)16-11-24-27(2)19(16)22/h3-4,7,10-14,25H,5-6,8-9H2,1-2H3/t12?,13-,14+. The Morgan fingerprint density at radius 1 is 1.23 bits per heavy atom. The van der Waals surface area contributed by atoms with Crippen LogP contribution in [0.1, 0.15) is 36.0 Å². The fourth-order valence-corrected chi connectivity index (χ4v) is 5.12. The summed E-state index contributed by atoms with van der Waals surface area (Å²) in [5.74, 6) is -0.0396. The second kappa shape index (κ2) is 7.12. The van der Waals surface area contributed by atoms with Crippen molar-refractivity contribution in [1.29, 1.82) is 0 Å². The minimum Gasteiger partial charge on any atom is -0.381 e. The number of nitrogens with one attached hydrogen (secondary N) is 1. The number of aromatic nitrogens is 4. The molecule has 0 radical (unpaired) electrons. The van der Waals surface area contributed by atoms with E-state index in [0.29, 0.717) is 16.4 Å². The number of amides is 1. The first kappa shape index (κ1) is 19.1. The van der Waals surface area contributed by atoms with Crippen LogP contribution in [-0.4, -0.2) is 48.3 Å². The maximum atomic E-state index is 13.1. The molecule has 1 N–H and O–H groups in total. The van der Waals surface area contributed by atoms with Crippen LogP contribution in [0, 0.1) is 0 Å². The lowest BCUT2D eigenvalue weighted by Gasteiger charge is -2.39. The molecule has 0 spiro atoms. The number of carbonyl (C=O) groups excluding carboxylic acids is 1. The summed E-state index contributed by atoms with van der Waals surface area (Å²) in [5.41, 5.74) is 1.84. The predicted molar refractivity (Wildman–Crippen MR) is 115 cm³/mol. The van der Waals surface area contributed by atoms with E-state index in [9.17, 15) is 9.59 Å². The summed E-state index contributed by atoms with van der Waals surface area (Å²) in [4.78, 5) is 31.9. The zero-order valence-corrected chi connectivity index (χ0v) is 17.6. The maximum absolute atomic E-state index is 13.1. The van der Waals surface area contributed by atoms with Gasteiger partial charge in [-0.2, -0.15) is 5.10 Å². The van der Waals surface area contributed by atoms with E-state index in [1.165, 1.54) is 4.68 Å². The smallest absolute Gasteiger partial charge is 0.259 e. The van der Waals surface area contributed by atoms with Crippen LogP contribution in [0.2, 0.25) is 5.15 Å². The van der Waals surface area contributed by atoms with E-state index in [2.05, 4.69) is 15.4 Å². The molecule has 3 aromatic rings. The van der Waals surface area contributed by atoms with Crippen LogP contribution >= 0.6 is 11.6 Å². The van der Waals surface area contributed by atoms with E-state index in [4.69, 9.17) is 11.6 Å². The number of hydrogen-bond donors (Lipinski definition) is 1. The number of piperidine rings is 1. The summed E-state index contributed by atoms with van der Waals surface area (Å²) in [5, 5.41) is 8.98. The van der Waals surface area contributed by atoms with Crippen LogP contribution in [0.3, 0.4) is 0 Å². The molecule has 5 rings (SSSR count). The van der Waals surface area contributed by atoms with Crippen LogP contribution in [0.25, 0.3) is 11.0 Å². The van der Waals surface area contributed by atoms with E-state index >= 15 is 0 Å². The molecule has 1 unspecified atom stereocenters. The summed E-state index contributed by atoms with van der Waals surface area (Å²) in [6.45, 7) is 0. The third-order valence-electron chi connectivity index (χ3n) is 6.42. The number of nitrogens with zero attached hydrogens (tertiary/aromatic N) is 5. The van der Waals surface area contributed by atoms with Gasteiger partial charge in [-0.1, -0.05) is 11.6 Å². The third kappa shape index (κ3) is 2.98. The van der Waals surface area contributed by atoms with Crippen molar-refractivity contribution in [2.24, 2.45) is 14.1 Å². The van der Waals surface area contributed by atoms with Crippen LogP contribution in [0.15, 0.2) is 35.4 Å². The number of rotatable bonds is 3. The molecule has 30 heavy (non-hydrogen) atoms. The van der Waals surface area contributed by atoms with Crippen LogP contribution in [0.5, 0.6) is 0 Å². The number of halogens is 1. The van der Waals surface area contributed by atoms with Crippen molar-refractivity contribution < 1.29 is 4.79 Å². The largest absolute Gasteiger partial charge is 0.381 e. The van der Waals surface area contributed by atoms with Crippen molar-refractivity contribution in [3.8, 4) is 0 Å². The van der Waals surface area contributed by atoms with E-state index in [1.54, 1.807) is 37.1 Å². The maximum Gasteiger partial charge on any atom is 0.259 e. The molecule has 0 saturated carbocycles. The molecular weight excluding hydrogens is 404 g/mol. The van der Waals surface area contributed by atoms with Gasteiger partial charge in [0.05, 0.1) is 17.4 Å². The molecule has 5 heterocycles. The zero-order chi connectivity index (χ0) is 21.0. The molecule has 8 nitrogen and oxygen atoms in total. The SMILES string of the molecule is Cn1ncc(C(=O)N2[C@@H]3CC[C@H]2CC(Nc2cc(=O)n(C)c4ncccc24)C3)c1Cl. The normalized spacial score (nSPS) is 23.2. The quantitative estimate of drug-likeness (QED) is 0.695. The highest BCUT2D eigenvalue weighted by molar-refractivity contribution is 6.32. The van der Waals surface area contributed by atoms with Crippen molar-refractivity contribution >= 4 is 34.2 Å². The molecule has 2 aliphatic heterocycles. The second-order valence-corrected chi connectivity index (χ2v) is 8.57. The van der Waals surface area contributed by atoms with Crippen molar-refractivity contribution in [2.45, 2.75) is 43.8 Å². The Balaban J connectivity index is 1.39. The van der Waals surface area contributed by atoms with Gasteiger partial charge in [0.15, 0.2) is 0 Å². The van der Waals surface area contributed by atoms with Gasteiger partial charge < -0.3 is 10.2 Å². The Morgan fingerprint density at radius 3 is 2.63 bits per heavy atom. The monoisotopic (exact) mass is 426 g/mol. The Labute approximate surface area is 178 Å². The van der Waals surface area contributed by atoms with Gasteiger partial charge in [0.25, 0.3) is 11.5 Å². The first-order valence-electron chi connectivity index (χ1n) is 10.2. The number of fused-ring (bicyclic) bond motifs is 3. The molecule has 2 saturated heterocycles. The van der Waals surface area contributed by atoms with Crippen molar-refractivity contribution in [3.05, 3.63) is 51.7 Å². The molecule has 0 aliphatic carbocycles. The second-order valence-electron chi connectivity index (χ2n) is 8.21. The minimum atomic E-state index is -0.0921. The number of pyridine rings is 2. The highest BCUT2D eigenvalue weighted by atomic mass is 35.5. The van der Waals surface area contributed by atoms with Gasteiger partial charge in [-0.15, -0.1) is 0 Å². The topological polar surface area (TPSA) is 85.0 Å². The van der Waals surface area contributed by atoms with Crippen molar-refractivity contribution in [3.63, 3.8) is 0 Å². The Kier molecular flexibility index (Phi) is 4.54. The number of aryl methyl sites for hydroxylation is 2.